The first-order valence-electron chi connectivity index (χ1n) is 5.24. The zero-order chi connectivity index (χ0) is 11.5. The van der Waals surface area contributed by atoms with Crippen molar-refractivity contribution in [3.63, 3.8) is 0 Å². The summed E-state index contributed by atoms with van der Waals surface area (Å²) in [4.78, 5) is 11.6. The van der Waals surface area contributed by atoms with Crippen molar-refractivity contribution in [2.24, 2.45) is 5.84 Å². The number of nitrogens with zero attached hydrogens (tertiary/aromatic N) is 1. The molecule has 1 heterocycles. The van der Waals surface area contributed by atoms with Gasteiger partial charge in [0.15, 0.2) is 0 Å². The van der Waals surface area contributed by atoms with Crippen LogP contribution in [0.4, 0.5) is 5.69 Å². The lowest BCUT2D eigenvalue weighted by atomic mass is 10.0. The first kappa shape index (κ1) is 10.7. The van der Waals surface area contributed by atoms with Crippen molar-refractivity contribution >= 4 is 11.7 Å². The van der Waals surface area contributed by atoms with Gasteiger partial charge in [-0.1, -0.05) is 18.2 Å². The number of hydrazine groups is 1. The number of para-hydroxylation sites is 1. The third-order valence-corrected chi connectivity index (χ3v) is 2.51. The molecule has 4 heteroatoms. The average Bonchev–Trinajstić information content (AvgIpc) is 2.30. The lowest BCUT2D eigenvalue weighted by Gasteiger charge is -2.26. The number of rotatable bonds is 2. The Balaban J connectivity index is 2.28. The quantitative estimate of drug-likeness (QED) is 0.601. The maximum absolute atomic E-state index is 11.6. The van der Waals surface area contributed by atoms with E-state index in [0.29, 0.717) is 18.7 Å². The van der Waals surface area contributed by atoms with Gasteiger partial charge in [0.05, 0.1) is 12.3 Å². The number of esters is 1. The van der Waals surface area contributed by atoms with Crippen LogP contribution in [0.5, 0.6) is 0 Å². The topological polar surface area (TPSA) is 55.6 Å². The summed E-state index contributed by atoms with van der Waals surface area (Å²) in [5.41, 5.74) is 2.37. The number of carbonyl (C=O) groups excluding carboxylic acids is 1. The van der Waals surface area contributed by atoms with E-state index in [1.165, 1.54) is 5.01 Å². The molecule has 0 aromatic heterocycles. The Labute approximate surface area is 94.3 Å². The van der Waals surface area contributed by atoms with Gasteiger partial charge in [-0.15, -0.1) is 0 Å². The number of nitrogens with two attached hydrogens (primary N) is 1. The van der Waals surface area contributed by atoms with E-state index in [9.17, 15) is 4.79 Å². The largest absolute Gasteiger partial charge is 0.461 e. The van der Waals surface area contributed by atoms with Crippen LogP contribution in [-0.2, 0) is 16.0 Å². The molecule has 4 nitrogen and oxygen atoms in total. The van der Waals surface area contributed by atoms with E-state index in [1.807, 2.05) is 24.3 Å². The van der Waals surface area contributed by atoms with E-state index < -0.39 is 0 Å². The zero-order valence-corrected chi connectivity index (χ0v) is 9.14. The molecule has 0 bridgehead atoms. The first-order chi connectivity index (χ1) is 7.74. The minimum absolute atomic E-state index is 0.353. The molecule has 0 aliphatic carbocycles. The van der Waals surface area contributed by atoms with Crippen LogP contribution in [0, 0.1) is 0 Å². The van der Waals surface area contributed by atoms with Crippen LogP contribution in [-0.4, -0.2) is 12.6 Å². The Morgan fingerprint density at radius 1 is 1.50 bits per heavy atom. The van der Waals surface area contributed by atoms with Crippen molar-refractivity contribution in [1.82, 2.24) is 0 Å². The second-order valence-electron chi connectivity index (χ2n) is 3.51. The predicted molar refractivity (Wildman–Crippen MR) is 61.5 cm³/mol. The molecule has 0 atom stereocenters. The monoisotopic (exact) mass is 218 g/mol. The summed E-state index contributed by atoms with van der Waals surface area (Å²) >= 11 is 0. The third kappa shape index (κ3) is 1.79. The van der Waals surface area contributed by atoms with Gasteiger partial charge in [0.1, 0.15) is 5.70 Å². The van der Waals surface area contributed by atoms with Crippen LogP contribution < -0.4 is 10.9 Å². The smallest absolute Gasteiger partial charge is 0.356 e. The minimum atomic E-state index is -0.375. The van der Waals surface area contributed by atoms with Gasteiger partial charge in [-0.05, 0) is 31.1 Å². The van der Waals surface area contributed by atoms with Crippen LogP contribution in [0.25, 0.3) is 0 Å². The molecule has 0 saturated heterocycles. The van der Waals surface area contributed by atoms with Crippen LogP contribution in [0.1, 0.15) is 12.5 Å². The standard InChI is InChI=1S/C12H14N2O2/c1-2-16-12(15)11-8-7-9-5-3-4-6-10(9)14(11)13/h3-6,8H,2,7,13H2,1H3. The lowest BCUT2D eigenvalue weighted by molar-refractivity contribution is -0.138. The highest BCUT2D eigenvalue weighted by molar-refractivity contribution is 5.93. The minimum Gasteiger partial charge on any atom is -0.461 e. The van der Waals surface area contributed by atoms with Gasteiger partial charge in [0, 0.05) is 0 Å². The Morgan fingerprint density at radius 2 is 2.25 bits per heavy atom. The molecule has 1 aromatic rings. The Bertz CT molecular complexity index is 440. The number of ether oxygens (including phenoxy) is 1. The van der Waals surface area contributed by atoms with Crippen molar-refractivity contribution in [2.45, 2.75) is 13.3 Å². The highest BCUT2D eigenvalue weighted by Gasteiger charge is 2.22. The van der Waals surface area contributed by atoms with Crippen molar-refractivity contribution in [2.75, 3.05) is 11.6 Å². The van der Waals surface area contributed by atoms with Gasteiger partial charge in [-0.3, -0.25) is 5.01 Å². The van der Waals surface area contributed by atoms with E-state index in [1.54, 1.807) is 13.0 Å². The number of carbonyl (C=O) groups is 1. The number of hydrogen-bond acceptors (Lipinski definition) is 4. The second kappa shape index (κ2) is 4.37. The molecule has 2 rings (SSSR count). The van der Waals surface area contributed by atoms with E-state index in [0.717, 1.165) is 11.3 Å². The maximum Gasteiger partial charge on any atom is 0.356 e. The zero-order valence-electron chi connectivity index (χ0n) is 9.14. The third-order valence-electron chi connectivity index (χ3n) is 2.51. The van der Waals surface area contributed by atoms with Gasteiger partial charge in [0.25, 0.3) is 0 Å². The summed E-state index contributed by atoms with van der Waals surface area (Å²) in [7, 11) is 0. The van der Waals surface area contributed by atoms with Gasteiger partial charge >= 0.3 is 5.97 Å². The fraction of sp³-hybridized carbons (Fsp3) is 0.250. The Morgan fingerprint density at radius 3 is 3.00 bits per heavy atom. The summed E-state index contributed by atoms with van der Waals surface area (Å²) in [6.07, 6.45) is 2.50. The lowest BCUT2D eigenvalue weighted by Crippen LogP contribution is -2.37. The van der Waals surface area contributed by atoms with Crippen LogP contribution in [0.3, 0.4) is 0 Å². The van der Waals surface area contributed by atoms with Crippen LogP contribution in [0.15, 0.2) is 36.0 Å². The predicted octanol–water partition coefficient (Wildman–Crippen LogP) is 1.37. The highest BCUT2D eigenvalue weighted by Crippen LogP contribution is 2.26. The summed E-state index contributed by atoms with van der Waals surface area (Å²) in [6.45, 7) is 2.13. The molecule has 0 fully saturated rings. The molecule has 0 saturated carbocycles. The molecule has 0 amide bonds. The fourth-order valence-corrected chi connectivity index (χ4v) is 1.74. The van der Waals surface area contributed by atoms with E-state index in [-0.39, 0.29) is 5.97 Å². The van der Waals surface area contributed by atoms with Crippen molar-refractivity contribution in [3.05, 3.63) is 41.6 Å². The molecule has 0 spiro atoms. The fourth-order valence-electron chi connectivity index (χ4n) is 1.74. The van der Waals surface area contributed by atoms with E-state index >= 15 is 0 Å². The SMILES string of the molecule is CCOC(=O)C1=CCc2ccccc2N1N. The number of allylic oxidation sites excluding steroid dienone is 1. The van der Waals surface area contributed by atoms with E-state index in [2.05, 4.69) is 0 Å². The molecular weight excluding hydrogens is 204 g/mol. The normalized spacial score (nSPS) is 14.1. The van der Waals surface area contributed by atoms with Gasteiger partial charge in [-0.25, -0.2) is 10.6 Å². The van der Waals surface area contributed by atoms with Gasteiger partial charge < -0.3 is 4.74 Å². The molecule has 1 aliphatic heterocycles. The summed E-state index contributed by atoms with van der Waals surface area (Å²) in [6, 6.07) is 7.73. The molecule has 1 aromatic carbocycles. The number of benzene rings is 1. The molecular formula is C12H14N2O2. The van der Waals surface area contributed by atoms with Crippen molar-refractivity contribution < 1.29 is 9.53 Å². The van der Waals surface area contributed by atoms with Gasteiger partial charge in [0.2, 0.25) is 0 Å². The number of fused-ring (bicyclic) bond motifs is 1. The molecule has 84 valence electrons. The Hall–Kier alpha value is -1.81. The number of hydrogen-bond donors (Lipinski definition) is 1. The summed E-state index contributed by atoms with van der Waals surface area (Å²) in [5, 5.41) is 1.39. The molecule has 2 N–H and O–H groups in total. The highest BCUT2D eigenvalue weighted by atomic mass is 16.5. The maximum atomic E-state index is 11.6. The second-order valence-corrected chi connectivity index (χ2v) is 3.51. The van der Waals surface area contributed by atoms with Crippen LogP contribution >= 0.6 is 0 Å². The van der Waals surface area contributed by atoms with Crippen LogP contribution in [0.2, 0.25) is 0 Å². The molecule has 16 heavy (non-hydrogen) atoms. The average molecular weight is 218 g/mol. The first-order valence-corrected chi connectivity index (χ1v) is 5.24. The molecule has 0 radical (unpaired) electrons. The Kier molecular flexibility index (Phi) is 2.92. The summed E-state index contributed by atoms with van der Waals surface area (Å²) in [5.74, 6) is 5.51. The molecule has 0 unspecified atom stereocenters. The van der Waals surface area contributed by atoms with Gasteiger partial charge in [-0.2, -0.15) is 0 Å². The molecule has 1 aliphatic rings. The van der Waals surface area contributed by atoms with Crippen molar-refractivity contribution in [1.29, 1.82) is 0 Å². The number of anilines is 1. The summed E-state index contributed by atoms with van der Waals surface area (Å²) < 4.78 is 4.94. The van der Waals surface area contributed by atoms with Crippen molar-refractivity contribution in [3.8, 4) is 0 Å². The van der Waals surface area contributed by atoms with E-state index in [4.69, 9.17) is 10.6 Å².